The average Bonchev–Trinajstić information content (AvgIpc) is 1.98. The van der Waals surface area contributed by atoms with Gasteiger partial charge in [-0.05, 0) is 32.4 Å². The van der Waals surface area contributed by atoms with Gasteiger partial charge in [0.15, 0.2) is 0 Å². The third-order valence-electron chi connectivity index (χ3n) is 1.67. The summed E-state index contributed by atoms with van der Waals surface area (Å²) in [5.74, 6) is 0. The Balaban J connectivity index is 4.43. The minimum atomic E-state index is 0.599. The molecule has 0 heterocycles. The fourth-order valence-corrected chi connectivity index (χ4v) is 0.951. The van der Waals surface area contributed by atoms with E-state index in [0.29, 0.717) is 12.3 Å². The highest BCUT2D eigenvalue weighted by molar-refractivity contribution is 5.96. The lowest BCUT2D eigenvalue weighted by Gasteiger charge is -2.08. The monoisotopic (exact) mass is 155 g/mol. The summed E-state index contributed by atoms with van der Waals surface area (Å²) in [6.45, 7) is 4.35. The van der Waals surface area contributed by atoms with Crippen molar-refractivity contribution < 1.29 is 0 Å². The Hall–Kier alpha value is -0.830. The molecule has 0 aliphatic carbocycles. The van der Waals surface area contributed by atoms with E-state index in [9.17, 15) is 0 Å². The predicted molar refractivity (Wildman–Crippen MR) is 48.8 cm³/mol. The molecule has 0 amide bonds. The van der Waals surface area contributed by atoms with E-state index in [2.05, 4.69) is 5.32 Å². The standard InChI is InChI=1S/C8H17N3/c1-6(10)8(4-5-9)7(2)11-3/h10-11H,4-5,9H2,1-3H3/b8-7-,10-6?. The van der Waals surface area contributed by atoms with Crippen LogP contribution in [0.4, 0.5) is 0 Å². The second-order valence-corrected chi connectivity index (χ2v) is 2.52. The van der Waals surface area contributed by atoms with Crippen molar-refractivity contribution in [1.82, 2.24) is 5.32 Å². The van der Waals surface area contributed by atoms with Gasteiger partial charge in [0.1, 0.15) is 0 Å². The Kier molecular flexibility index (Phi) is 4.54. The molecule has 0 saturated carbocycles. The summed E-state index contributed by atoms with van der Waals surface area (Å²) in [4.78, 5) is 0. The van der Waals surface area contributed by atoms with Crippen LogP contribution in [0.5, 0.6) is 0 Å². The summed E-state index contributed by atoms with van der Waals surface area (Å²) in [5.41, 5.74) is 8.07. The molecule has 0 spiro atoms. The van der Waals surface area contributed by atoms with Crippen LogP contribution >= 0.6 is 0 Å². The van der Waals surface area contributed by atoms with Crippen LogP contribution in [0.25, 0.3) is 0 Å². The van der Waals surface area contributed by atoms with Crippen LogP contribution in [0.3, 0.4) is 0 Å². The summed E-state index contributed by atoms with van der Waals surface area (Å²) in [7, 11) is 1.86. The normalized spacial score (nSPS) is 12.4. The molecule has 0 radical (unpaired) electrons. The van der Waals surface area contributed by atoms with Crippen LogP contribution in [0.1, 0.15) is 20.3 Å². The minimum absolute atomic E-state index is 0.599. The molecule has 0 aliphatic rings. The molecular weight excluding hydrogens is 138 g/mol. The fourth-order valence-electron chi connectivity index (χ4n) is 0.951. The van der Waals surface area contributed by atoms with Crippen LogP contribution in [0, 0.1) is 5.41 Å². The molecule has 11 heavy (non-hydrogen) atoms. The van der Waals surface area contributed by atoms with Gasteiger partial charge in [0.05, 0.1) is 0 Å². The molecule has 64 valence electrons. The number of rotatable bonds is 4. The van der Waals surface area contributed by atoms with Crippen molar-refractivity contribution >= 4 is 5.71 Å². The zero-order valence-corrected chi connectivity index (χ0v) is 7.49. The van der Waals surface area contributed by atoms with Gasteiger partial charge in [0.25, 0.3) is 0 Å². The molecule has 3 heteroatoms. The Bertz CT molecular complexity index is 170. The first-order valence-corrected chi connectivity index (χ1v) is 3.76. The molecule has 3 nitrogen and oxygen atoms in total. The SMILES string of the molecule is CN/C(C)=C(/CCN)C(C)=N. The number of hydrogen-bond acceptors (Lipinski definition) is 3. The van der Waals surface area contributed by atoms with Gasteiger partial charge in [0, 0.05) is 18.5 Å². The van der Waals surface area contributed by atoms with Crippen molar-refractivity contribution in [2.24, 2.45) is 5.73 Å². The number of allylic oxidation sites excluding steroid dienone is 1. The van der Waals surface area contributed by atoms with E-state index >= 15 is 0 Å². The van der Waals surface area contributed by atoms with Crippen molar-refractivity contribution in [2.45, 2.75) is 20.3 Å². The number of hydrogen-bond donors (Lipinski definition) is 3. The van der Waals surface area contributed by atoms with Gasteiger partial charge in [0.2, 0.25) is 0 Å². The first-order valence-electron chi connectivity index (χ1n) is 3.76. The topological polar surface area (TPSA) is 61.9 Å². The zero-order chi connectivity index (χ0) is 8.85. The molecule has 0 aromatic heterocycles. The van der Waals surface area contributed by atoms with Gasteiger partial charge in [-0.2, -0.15) is 0 Å². The van der Waals surface area contributed by atoms with E-state index in [0.717, 1.165) is 17.7 Å². The third-order valence-corrected chi connectivity index (χ3v) is 1.67. The molecule has 0 rings (SSSR count). The maximum Gasteiger partial charge on any atom is 0.0332 e. The zero-order valence-electron chi connectivity index (χ0n) is 7.49. The van der Waals surface area contributed by atoms with E-state index in [4.69, 9.17) is 11.1 Å². The van der Waals surface area contributed by atoms with Crippen LogP contribution in [0.2, 0.25) is 0 Å². The number of nitrogens with two attached hydrogens (primary N) is 1. The quantitative estimate of drug-likeness (QED) is 0.527. The lowest BCUT2D eigenvalue weighted by atomic mass is 10.1. The van der Waals surface area contributed by atoms with Crippen molar-refractivity contribution in [3.05, 3.63) is 11.3 Å². The maximum absolute atomic E-state index is 7.44. The maximum atomic E-state index is 7.44. The molecule has 0 aromatic carbocycles. The summed E-state index contributed by atoms with van der Waals surface area (Å²) in [5, 5.41) is 10.4. The third kappa shape index (κ3) is 3.18. The van der Waals surface area contributed by atoms with Gasteiger partial charge in [-0.15, -0.1) is 0 Å². The Morgan fingerprint density at radius 1 is 1.45 bits per heavy atom. The Morgan fingerprint density at radius 3 is 2.27 bits per heavy atom. The molecule has 0 aliphatic heterocycles. The van der Waals surface area contributed by atoms with Crippen molar-refractivity contribution in [1.29, 1.82) is 5.41 Å². The molecule has 0 unspecified atom stereocenters. The van der Waals surface area contributed by atoms with E-state index in [1.165, 1.54) is 0 Å². The summed E-state index contributed by atoms with van der Waals surface area (Å²) >= 11 is 0. The second-order valence-electron chi connectivity index (χ2n) is 2.52. The Morgan fingerprint density at radius 2 is 2.00 bits per heavy atom. The van der Waals surface area contributed by atoms with E-state index in [1.807, 2.05) is 14.0 Å². The molecule has 0 bridgehead atoms. The molecule has 0 fully saturated rings. The van der Waals surface area contributed by atoms with E-state index < -0.39 is 0 Å². The van der Waals surface area contributed by atoms with Crippen LogP contribution in [-0.4, -0.2) is 19.3 Å². The molecule has 0 atom stereocenters. The largest absolute Gasteiger partial charge is 0.391 e. The van der Waals surface area contributed by atoms with Gasteiger partial charge >= 0.3 is 0 Å². The van der Waals surface area contributed by atoms with Crippen LogP contribution < -0.4 is 11.1 Å². The van der Waals surface area contributed by atoms with E-state index in [1.54, 1.807) is 6.92 Å². The highest BCUT2D eigenvalue weighted by Gasteiger charge is 2.02. The lowest BCUT2D eigenvalue weighted by molar-refractivity contribution is 0.906. The van der Waals surface area contributed by atoms with Gasteiger partial charge in [-0.3, -0.25) is 0 Å². The molecule has 0 saturated heterocycles. The second kappa shape index (κ2) is 4.91. The van der Waals surface area contributed by atoms with Gasteiger partial charge in [-0.25, -0.2) is 0 Å². The molecule has 4 N–H and O–H groups in total. The van der Waals surface area contributed by atoms with Crippen molar-refractivity contribution in [3.8, 4) is 0 Å². The summed E-state index contributed by atoms with van der Waals surface area (Å²) in [6.07, 6.45) is 0.780. The van der Waals surface area contributed by atoms with Gasteiger partial charge in [-0.1, -0.05) is 0 Å². The van der Waals surface area contributed by atoms with Crippen molar-refractivity contribution in [2.75, 3.05) is 13.6 Å². The van der Waals surface area contributed by atoms with Crippen LogP contribution in [0.15, 0.2) is 11.3 Å². The van der Waals surface area contributed by atoms with Crippen molar-refractivity contribution in [3.63, 3.8) is 0 Å². The first kappa shape index (κ1) is 10.2. The molecular formula is C8H17N3. The predicted octanol–water partition coefficient (Wildman–Crippen LogP) is 0.868. The van der Waals surface area contributed by atoms with Gasteiger partial charge < -0.3 is 16.5 Å². The van der Waals surface area contributed by atoms with E-state index in [-0.39, 0.29) is 0 Å². The highest BCUT2D eigenvalue weighted by Crippen LogP contribution is 2.06. The lowest BCUT2D eigenvalue weighted by Crippen LogP contribution is -2.13. The summed E-state index contributed by atoms with van der Waals surface area (Å²) in [6, 6.07) is 0. The first-order chi connectivity index (χ1) is 5.13. The average molecular weight is 155 g/mol. The Labute approximate surface area is 68.2 Å². The van der Waals surface area contributed by atoms with Crippen LogP contribution in [-0.2, 0) is 0 Å². The number of nitrogens with one attached hydrogen (secondary N) is 2. The minimum Gasteiger partial charge on any atom is -0.391 e. The molecule has 0 aromatic rings. The fraction of sp³-hybridized carbons (Fsp3) is 0.625. The summed E-state index contributed by atoms with van der Waals surface area (Å²) < 4.78 is 0. The highest BCUT2D eigenvalue weighted by atomic mass is 14.8. The smallest absolute Gasteiger partial charge is 0.0332 e.